The normalized spacial score (nSPS) is 17.4. The second-order valence-corrected chi connectivity index (χ2v) is 6.46. The van der Waals surface area contributed by atoms with Crippen molar-refractivity contribution in [1.82, 2.24) is 10.6 Å². The van der Waals surface area contributed by atoms with E-state index in [0.29, 0.717) is 5.75 Å². The molecule has 1 aromatic carbocycles. The highest BCUT2D eigenvalue weighted by Crippen LogP contribution is 2.18. The van der Waals surface area contributed by atoms with Crippen molar-refractivity contribution in [2.24, 2.45) is 0 Å². The molecule has 0 radical (unpaired) electrons. The third-order valence-electron chi connectivity index (χ3n) is 3.25. The number of nitrogens with one attached hydrogen (secondary N) is 2. The summed E-state index contributed by atoms with van der Waals surface area (Å²) in [5.41, 5.74) is 3.10. The van der Waals surface area contributed by atoms with E-state index in [1.165, 1.54) is 5.56 Å². The molecule has 0 spiro atoms. The summed E-state index contributed by atoms with van der Waals surface area (Å²) in [5, 5.41) is 6.23. The van der Waals surface area contributed by atoms with Crippen LogP contribution in [0.4, 0.5) is 0 Å². The number of amides is 1. The Balaban J connectivity index is 2.13. The molecule has 0 aliphatic carbocycles. The van der Waals surface area contributed by atoms with E-state index in [4.69, 9.17) is 0 Å². The second-order valence-electron chi connectivity index (χ2n) is 4.98. The summed E-state index contributed by atoms with van der Waals surface area (Å²) < 4.78 is 11.2. The highest BCUT2D eigenvalue weighted by Gasteiger charge is 2.18. The quantitative estimate of drug-likeness (QED) is 0.859. The highest BCUT2D eigenvalue weighted by atomic mass is 32.2. The molecule has 2 N–H and O–H groups in total. The van der Waals surface area contributed by atoms with Crippen molar-refractivity contribution < 1.29 is 9.00 Å². The maximum Gasteiger partial charge on any atom is 0.251 e. The summed E-state index contributed by atoms with van der Waals surface area (Å²) in [6.07, 6.45) is 2.53. The molecule has 0 saturated heterocycles. The smallest absolute Gasteiger partial charge is 0.251 e. The van der Waals surface area contributed by atoms with Gasteiger partial charge in [-0.15, -0.1) is 0 Å². The molecule has 2 atom stereocenters. The SMILES string of the molecule is CC(CS(C)=O)NC(=O)c1cccc2c1CCNC2. The van der Waals surface area contributed by atoms with Gasteiger partial charge in [0.1, 0.15) is 0 Å². The van der Waals surface area contributed by atoms with Gasteiger partial charge in [-0.1, -0.05) is 12.1 Å². The van der Waals surface area contributed by atoms with Gasteiger partial charge in [0.05, 0.1) is 0 Å². The van der Waals surface area contributed by atoms with Crippen LogP contribution in [-0.2, 0) is 23.8 Å². The Hall–Kier alpha value is -1.20. The van der Waals surface area contributed by atoms with Crippen LogP contribution in [0.15, 0.2) is 18.2 Å². The molecule has 1 aliphatic heterocycles. The largest absolute Gasteiger partial charge is 0.349 e. The standard InChI is InChI=1S/C14H20N2O2S/c1-10(9-19(2)18)16-14(17)13-5-3-4-11-8-15-7-6-12(11)13/h3-5,10,15H,6-9H2,1-2H3,(H,16,17). The lowest BCUT2D eigenvalue weighted by Crippen LogP contribution is -2.37. The van der Waals surface area contributed by atoms with Crippen molar-refractivity contribution >= 4 is 16.7 Å². The van der Waals surface area contributed by atoms with Gasteiger partial charge in [-0.3, -0.25) is 9.00 Å². The van der Waals surface area contributed by atoms with E-state index >= 15 is 0 Å². The van der Waals surface area contributed by atoms with Crippen molar-refractivity contribution in [2.45, 2.75) is 25.9 Å². The number of carbonyl (C=O) groups excluding carboxylic acids is 1. The first kappa shape index (κ1) is 14.2. The molecule has 0 aromatic heterocycles. The monoisotopic (exact) mass is 280 g/mol. The third-order valence-corrected chi connectivity index (χ3v) is 4.22. The van der Waals surface area contributed by atoms with Crippen LogP contribution in [0.1, 0.15) is 28.4 Å². The fraction of sp³-hybridized carbons (Fsp3) is 0.500. The van der Waals surface area contributed by atoms with Gasteiger partial charge in [0.2, 0.25) is 0 Å². The van der Waals surface area contributed by atoms with Crippen LogP contribution in [0, 0.1) is 0 Å². The van der Waals surface area contributed by atoms with E-state index in [0.717, 1.165) is 30.6 Å². The average Bonchev–Trinajstić information content (AvgIpc) is 2.36. The third kappa shape index (κ3) is 3.64. The van der Waals surface area contributed by atoms with Gasteiger partial charge in [-0.2, -0.15) is 0 Å². The summed E-state index contributed by atoms with van der Waals surface area (Å²) in [6, 6.07) is 5.78. The van der Waals surface area contributed by atoms with E-state index in [9.17, 15) is 9.00 Å². The van der Waals surface area contributed by atoms with E-state index < -0.39 is 10.8 Å². The predicted octanol–water partition coefficient (Wildman–Crippen LogP) is 0.829. The lowest BCUT2D eigenvalue weighted by Gasteiger charge is -2.21. The number of carbonyl (C=O) groups is 1. The lowest BCUT2D eigenvalue weighted by atomic mass is 9.95. The molecule has 104 valence electrons. The summed E-state index contributed by atoms with van der Waals surface area (Å²) in [6.45, 7) is 3.62. The van der Waals surface area contributed by atoms with Crippen LogP contribution in [0.3, 0.4) is 0 Å². The Bertz CT molecular complexity index is 502. The molecule has 1 aliphatic rings. The number of rotatable bonds is 4. The minimum Gasteiger partial charge on any atom is -0.349 e. The lowest BCUT2D eigenvalue weighted by molar-refractivity contribution is 0.0942. The molecule has 1 heterocycles. The number of hydrogen-bond donors (Lipinski definition) is 2. The van der Waals surface area contributed by atoms with E-state index in [1.807, 2.05) is 19.1 Å². The van der Waals surface area contributed by atoms with Gasteiger partial charge < -0.3 is 10.6 Å². The fourth-order valence-electron chi connectivity index (χ4n) is 2.44. The highest BCUT2D eigenvalue weighted by molar-refractivity contribution is 7.84. The molecular formula is C14H20N2O2S. The molecule has 1 aromatic rings. The first-order valence-corrected chi connectivity index (χ1v) is 8.23. The van der Waals surface area contributed by atoms with Crippen molar-refractivity contribution in [2.75, 3.05) is 18.6 Å². The Morgan fingerprint density at radius 1 is 1.53 bits per heavy atom. The van der Waals surface area contributed by atoms with Gasteiger partial charge >= 0.3 is 0 Å². The zero-order valence-electron chi connectivity index (χ0n) is 11.4. The first-order valence-electron chi connectivity index (χ1n) is 6.50. The van der Waals surface area contributed by atoms with Crippen LogP contribution in [0.25, 0.3) is 0 Å². The summed E-state index contributed by atoms with van der Waals surface area (Å²) in [4.78, 5) is 12.3. The van der Waals surface area contributed by atoms with E-state index in [2.05, 4.69) is 16.7 Å². The van der Waals surface area contributed by atoms with Crippen molar-refractivity contribution in [3.8, 4) is 0 Å². The Morgan fingerprint density at radius 2 is 2.32 bits per heavy atom. The minimum atomic E-state index is -0.895. The van der Waals surface area contributed by atoms with Crippen molar-refractivity contribution in [3.05, 3.63) is 34.9 Å². The molecule has 0 fully saturated rings. The number of hydrogen-bond acceptors (Lipinski definition) is 3. The molecule has 0 saturated carbocycles. The maximum absolute atomic E-state index is 12.3. The molecule has 2 rings (SSSR count). The molecule has 4 nitrogen and oxygen atoms in total. The zero-order valence-corrected chi connectivity index (χ0v) is 12.2. The summed E-state index contributed by atoms with van der Waals surface area (Å²) in [5.74, 6) is 0.430. The zero-order chi connectivity index (χ0) is 13.8. The van der Waals surface area contributed by atoms with E-state index in [1.54, 1.807) is 6.26 Å². The topological polar surface area (TPSA) is 58.2 Å². The fourth-order valence-corrected chi connectivity index (χ4v) is 3.23. The predicted molar refractivity (Wildman–Crippen MR) is 77.7 cm³/mol. The molecule has 1 amide bonds. The Kier molecular flexibility index (Phi) is 4.71. The second kappa shape index (κ2) is 6.30. The summed E-state index contributed by atoms with van der Waals surface area (Å²) >= 11 is 0. The molecule has 0 bridgehead atoms. The van der Waals surface area contributed by atoms with Crippen LogP contribution in [-0.4, -0.2) is 34.7 Å². The van der Waals surface area contributed by atoms with Gasteiger partial charge in [-0.05, 0) is 37.1 Å². The van der Waals surface area contributed by atoms with Crippen LogP contribution < -0.4 is 10.6 Å². The van der Waals surface area contributed by atoms with Gasteiger partial charge in [0, 0.05) is 41.0 Å². The maximum atomic E-state index is 12.3. The molecular weight excluding hydrogens is 260 g/mol. The van der Waals surface area contributed by atoms with Gasteiger partial charge in [0.15, 0.2) is 0 Å². The van der Waals surface area contributed by atoms with Crippen LogP contribution in [0.2, 0.25) is 0 Å². The number of benzene rings is 1. The molecule has 19 heavy (non-hydrogen) atoms. The first-order chi connectivity index (χ1) is 9.08. The van der Waals surface area contributed by atoms with Crippen LogP contribution >= 0.6 is 0 Å². The Morgan fingerprint density at radius 3 is 3.05 bits per heavy atom. The number of fused-ring (bicyclic) bond motifs is 1. The van der Waals surface area contributed by atoms with Crippen molar-refractivity contribution in [3.63, 3.8) is 0 Å². The average molecular weight is 280 g/mol. The summed E-state index contributed by atoms with van der Waals surface area (Å²) in [7, 11) is -0.895. The van der Waals surface area contributed by atoms with Gasteiger partial charge in [-0.25, -0.2) is 0 Å². The van der Waals surface area contributed by atoms with Crippen molar-refractivity contribution in [1.29, 1.82) is 0 Å². The van der Waals surface area contributed by atoms with Crippen LogP contribution in [0.5, 0.6) is 0 Å². The molecule has 2 unspecified atom stereocenters. The molecule has 5 heteroatoms. The Labute approximate surface area is 116 Å². The van der Waals surface area contributed by atoms with E-state index in [-0.39, 0.29) is 11.9 Å². The van der Waals surface area contributed by atoms with Gasteiger partial charge in [0.25, 0.3) is 5.91 Å². The minimum absolute atomic E-state index is 0.0586.